The van der Waals surface area contributed by atoms with Gasteiger partial charge in [-0.2, -0.15) is 0 Å². The summed E-state index contributed by atoms with van der Waals surface area (Å²) in [5, 5.41) is 0. The van der Waals surface area contributed by atoms with Crippen LogP contribution in [0.2, 0.25) is 0 Å². The van der Waals surface area contributed by atoms with Crippen molar-refractivity contribution in [2.75, 3.05) is 27.4 Å². The fourth-order valence-electron chi connectivity index (χ4n) is 5.02. The minimum Gasteiger partial charge on any atom is -0.497 e. The van der Waals surface area contributed by atoms with Gasteiger partial charge in [0.15, 0.2) is 5.79 Å². The molecule has 0 aromatic heterocycles. The Balaban J connectivity index is 1.65. The standard InChI is InChI=1S/C31H40O8/c1-7-17-34-27-25(36-19-21-9-13-23(32-5)14-10-21)26(37-20-22-11-15-24(33-6)16-12-22)28(35-18-8-2)30-29(27)38-31(3,4)39-30/h7-16,25-30H,1-2,17-20H2,3-6H3/t25-,26-,27+,28+,29-,30+/m1/s1. The van der Waals surface area contributed by atoms with E-state index in [1.807, 2.05) is 62.4 Å². The third kappa shape index (κ3) is 7.28. The normalized spacial score (nSPS) is 27.5. The molecule has 2 aliphatic rings. The van der Waals surface area contributed by atoms with E-state index in [4.69, 9.17) is 37.9 Å². The molecule has 4 rings (SSSR count). The molecule has 0 spiro atoms. The molecule has 8 nitrogen and oxygen atoms in total. The summed E-state index contributed by atoms with van der Waals surface area (Å²) in [6.07, 6.45) is 0.522. The van der Waals surface area contributed by atoms with Crippen LogP contribution in [0.4, 0.5) is 0 Å². The van der Waals surface area contributed by atoms with Gasteiger partial charge in [0.05, 0.1) is 40.6 Å². The van der Waals surface area contributed by atoms with Crippen LogP contribution in [0, 0.1) is 0 Å². The maximum absolute atomic E-state index is 6.59. The number of rotatable bonds is 14. The van der Waals surface area contributed by atoms with Crippen LogP contribution >= 0.6 is 0 Å². The maximum atomic E-state index is 6.59. The highest BCUT2D eigenvalue weighted by molar-refractivity contribution is 5.27. The van der Waals surface area contributed by atoms with Gasteiger partial charge < -0.3 is 37.9 Å². The summed E-state index contributed by atoms with van der Waals surface area (Å²) in [4.78, 5) is 0. The van der Waals surface area contributed by atoms with Crippen LogP contribution in [-0.2, 0) is 41.6 Å². The third-order valence-corrected chi connectivity index (χ3v) is 6.80. The molecular weight excluding hydrogens is 500 g/mol. The molecule has 2 aromatic rings. The molecule has 2 aromatic carbocycles. The van der Waals surface area contributed by atoms with Gasteiger partial charge in [0.2, 0.25) is 0 Å². The van der Waals surface area contributed by atoms with Crippen molar-refractivity contribution in [3.8, 4) is 11.5 Å². The lowest BCUT2D eigenvalue weighted by atomic mass is 9.84. The summed E-state index contributed by atoms with van der Waals surface area (Å²) in [7, 11) is 3.29. The summed E-state index contributed by atoms with van der Waals surface area (Å²) in [6.45, 7) is 12.8. The van der Waals surface area contributed by atoms with E-state index >= 15 is 0 Å². The summed E-state index contributed by atoms with van der Waals surface area (Å²) in [6, 6.07) is 15.5. The highest BCUT2D eigenvalue weighted by Gasteiger charge is 2.60. The van der Waals surface area contributed by atoms with Crippen molar-refractivity contribution < 1.29 is 37.9 Å². The molecule has 2 fully saturated rings. The van der Waals surface area contributed by atoms with Crippen LogP contribution in [0.3, 0.4) is 0 Å². The zero-order valence-electron chi connectivity index (χ0n) is 23.2. The lowest BCUT2D eigenvalue weighted by molar-refractivity contribution is -0.245. The van der Waals surface area contributed by atoms with E-state index in [1.165, 1.54) is 0 Å². The molecule has 8 heteroatoms. The molecule has 0 radical (unpaired) electrons. The summed E-state index contributed by atoms with van der Waals surface area (Å²) < 4.78 is 49.1. The van der Waals surface area contributed by atoms with E-state index in [1.54, 1.807) is 26.4 Å². The Morgan fingerprint density at radius 1 is 0.641 bits per heavy atom. The van der Waals surface area contributed by atoms with Gasteiger partial charge in [-0.1, -0.05) is 36.4 Å². The molecule has 1 aliphatic heterocycles. The second-order valence-corrected chi connectivity index (χ2v) is 9.99. The van der Waals surface area contributed by atoms with Crippen LogP contribution in [0.5, 0.6) is 11.5 Å². The number of hydrogen-bond donors (Lipinski definition) is 0. The largest absolute Gasteiger partial charge is 0.497 e. The van der Waals surface area contributed by atoms with Crippen molar-refractivity contribution >= 4 is 0 Å². The fourth-order valence-corrected chi connectivity index (χ4v) is 5.02. The fraction of sp³-hybridized carbons (Fsp3) is 0.484. The quantitative estimate of drug-likeness (QED) is 0.315. The second kappa shape index (κ2) is 13.6. The Labute approximate surface area is 231 Å². The van der Waals surface area contributed by atoms with Crippen molar-refractivity contribution in [2.24, 2.45) is 0 Å². The van der Waals surface area contributed by atoms with E-state index in [0.29, 0.717) is 26.4 Å². The summed E-state index contributed by atoms with van der Waals surface area (Å²) in [5.41, 5.74) is 1.98. The number of benzene rings is 2. The number of ether oxygens (including phenoxy) is 8. The number of hydrogen-bond acceptors (Lipinski definition) is 8. The van der Waals surface area contributed by atoms with Gasteiger partial charge in [-0.05, 0) is 49.2 Å². The Hall–Kier alpha value is -2.72. The van der Waals surface area contributed by atoms with Crippen LogP contribution in [0.15, 0.2) is 73.8 Å². The van der Waals surface area contributed by atoms with Crippen LogP contribution in [0.25, 0.3) is 0 Å². The Kier molecular flexibility index (Phi) is 10.2. The minimum absolute atomic E-state index is 0.323. The van der Waals surface area contributed by atoms with Crippen molar-refractivity contribution in [3.63, 3.8) is 0 Å². The van der Waals surface area contributed by atoms with E-state index in [-0.39, 0.29) is 0 Å². The summed E-state index contributed by atoms with van der Waals surface area (Å²) in [5.74, 6) is 0.735. The highest BCUT2D eigenvalue weighted by atomic mass is 16.8. The first-order chi connectivity index (χ1) is 18.9. The molecular formula is C31H40O8. The molecule has 39 heavy (non-hydrogen) atoms. The molecule has 0 bridgehead atoms. The monoisotopic (exact) mass is 540 g/mol. The first-order valence-corrected chi connectivity index (χ1v) is 13.2. The molecule has 1 aliphatic carbocycles. The van der Waals surface area contributed by atoms with Gasteiger partial charge in [-0.3, -0.25) is 0 Å². The molecule has 212 valence electrons. The SMILES string of the molecule is C=CCO[C@H]1[C@H](OCc2ccc(OC)cc2)[C@@H](OCc2ccc(OC)cc2)[C@H](OCC=C)[C@@H]2OC(C)(C)O[C@H]12. The first kappa shape index (κ1) is 29.3. The average Bonchev–Trinajstić information content (AvgIpc) is 3.28. The Bertz CT molecular complexity index is 968. The van der Waals surface area contributed by atoms with Gasteiger partial charge in [0.1, 0.15) is 48.1 Å². The van der Waals surface area contributed by atoms with E-state index in [9.17, 15) is 0 Å². The molecule has 6 atom stereocenters. The summed E-state index contributed by atoms with van der Waals surface area (Å²) >= 11 is 0. The van der Waals surface area contributed by atoms with E-state index in [2.05, 4.69) is 13.2 Å². The van der Waals surface area contributed by atoms with Gasteiger partial charge in [-0.25, -0.2) is 0 Å². The van der Waals surface area contributed by atoms with Crippen LogP contribution in [-0.4, -0.2) is 69.8 Å². The van der Waals surface area contributed by atoms with Crippen molar-refractivity contribution in [3.05, 3.63) is 85.0 Å². The zero-order valence-corrected chi connectivity index (χ0v) is 23.2. The predicted molar refractivity (Wildman–Crippen MR) is 147 cm³/mol. The lowest BCUT2D eigenvalue weighted by Gasteiger charge is -2.46. The Morgan fingerprint density at radius 3 is 1.36 bits per heavy atom. The number of fused-ring (bicyclic) bond motifs is 1. The van der Waals surface area contributed by atoms with Crippen molar-refractivity contribution in [2.45, 2.75) is 69.5 Å². The Morgan fingerprint density at radius 2 is 1.03 bits per heavy atom. The van der Waals surface area contributed by atoms with Crippen molar-refractivity contribution in [1.82, 2.24) is 0 Å². The highest BCUT2D eigenvalue weighted by Crippen LogP contribution is 2.42. The molecule has 0 amide bonds. The zero-order chi connectivity index (χ0) is 27.8. The molecule has 0 unspecified atom stereocenters. The van der Waals surface area contributed by atoms with Crippen molar-refractivity contribution in [1.29, 1.82) is 0 Å². The lowest BCUT2D eigenvalue weighted by Crippen LogP contribution is -2.65. The van der Waals surface area contributed by atoms with Crippen LogP contribution < -0.4 is 9.47 Å². The number of methoxy groups -OCH3 is 2. The maximum Gasteiger partial charge on any atom is 0.164 e. The van der Waals surface area contributed by atoms with E-state index < -0.39 is 42.4 Å². The average molecular weight is 541 g/mol. The smallest absolute Gasteiger partial charge is 0.164 e. The van der Waals surface area contributed by atoms with Gasteiger partial charge in [0.25, 0.3) is 0 Å². The molecule has 1 saturated heterocycles. The third-order valence-electron chi connectivity index (χ3n) is 6.80. The second-order valence-electron chi connectivity index (χ2n) is 9.99. The first-order valence-electron chi connectivity index (χ1n) is 13.2. The van der Waals surface area contributed by atoms with Crippen LogP contribution in [0.1, 0.15) is 25.0 Å². The van der Waals surface area contributed by atoms with Gasteiger partial charge >= 0.3 is 0 Å². The van der Waals surface area contributed by atoms with Gasteiger partial charge in [-0.15, -0.1) is 13.2 Å². The van der Waals surface area contributed by atoms with Gasteiger partial charge in [0, 0.05) is 0 Å². The predicted octanol–water partition coefficient (Wildman–Crippen LogP) is 4.85. The minimum atomic E-state index is -0.827. The van der Waals surface area contributed by atoms with E-state index in [0.717, 1.165) is 22.6 Å². The molecule has 1 heterocycles. The molecule has 0 N–H and O–H groups in total. The topological polar surface area (TPSA) is 73.8 Å². The molecule has 1 saturated carbocycles.